The predicted octanol–water partition coefficient (Wildman–Crippen LogP) is 1.18. The molecule has 138 valence electrons. The third-order valence-electron chi connectivity index (χ3n) is 3.81. The second kappa shape index (κ2) is 7.67. The van der Waals surface area contributed by atoms with E-state index in [-0.39, 0.29) is 11.6 Å². The summed E-state index contributed by atoms with van der Waals surface area (Å²) in [5.41, 5.74) is 0. The summed E-state index contributed by atoms with van der Waals surface area (Å²) in [6, 6.07) is 7.44. The van der Waals surface area contributed by atoms with E-state index in [2.05, 4.69) is 25.2 Å². The van der Waals surface area contributed by atoms with Gasteiger partial charge in [0, 0.05) is 38.2 Å². The number of nitrogens with zero attached hydrogens (tertiary/aromatic N) is 5. The highest BCUT2D eigenvalue weighted by Gasteiger charge is 2.18. The maximum atomic E-state index is 12.3. The largest absolute Gasteiger partial charge is 0.367 e. The van der Waals surface area contributed by atoms with Gasteiger partial charge in [-0.3, -0.25) is 0 Å². The quantitative estimate of drug-likeness (QED) is 0.573. The van der Waals surface area contributed by atoms with Gasteiger partial charge in [0.25, 0.3) is 10.0 Å². The third kappa shape index (κ3) is 4.09. The summed E-state index contributed by atoms with van der Waals surface area (Å²) in [5, 5.41) is 11.3. The highest BCUT2D eigenvalue weighted by Crippen LogP contribution is 2.09. The molecule has 0 unspecified atom stereocenters. The topological polar surface area (TPSA) is 107 Å². The van der Waals surface area contributed by atoms with Crippen LogP contribution in [0.25, 0.3) is 5.82 Å². The molecule has 0 spiro atoms. The van der Waals surface area contributed by atoms with Crippen molar-refractivity contribution in [3.8, 4) is 5.82 Å². The molecule has 26 heavy (non-hydrogen) atoms. The molecular weight excluding hydrogens is 354 g/mol. The molecule has 0 amide bonds. The molecule has 0 aliphatic heterocycles. The summed E-state index contributed by atoms with van der Waals surface area (Å²) < 4.78 is 30.7. The summed E-state index contributed by atoms with van der Waals surface area (Å²) >= 11 is 0. The van der Waals surface area contributed by atoms with E-state index in [9.17, 15) is 8.42 Å². The molecule has 0 atom stereocenters. The van der Waals surface area contributed by atoms with Crippen LogP contribution in [0.2, 0.25) is 0 Å². The molecule has 0 saturated heterocycles. The average Bonchev–Trinajstić information content (AvgIpc) is 3.29. The first kappa shape index (κ1) is 18.1. The molecular formula is C16H21N7O2S. The van der Waals surface area contributed by atoms with Crippen LogP contribution in [-0.2, 0) is 16.6 Å². The van der Waals surface area contributed by atoms with E-state index in [1.165, 1.54) is 6.20 Å². The summed E-state index contributed by atoms with van der Waals surface area (Å²) in [7, 11) is -3.62. The van der Waals surface area contributed by atoms with Crippen LogP contribution in [0.4, 0.5) is 5.82 Å². The van der Waals surface area contributed by atoms with Crippen molar-refractivity contribution in [2.75, 3.05) is 18.4 Å². The maximum absolute atomic E-state index is 12.3. The highest BCUT2D eigenvalue weighted by atomic mass is 32.2. The summed E-state index contributed by atoms with van der Waals surface area (Å²) in [6.07, 6.45) is 5.30. The van der Waals surface area contributed by atoms with Crippen LogP contribution in [0.15, 0.2) is 47.9 Å². The van der Waals surface area contributed by atoms with Gasteiger partial charge in [-0.25, -0.2) is 18.1 Å². The van der Waals surface area contributed by atoms with Gasteiger partial charge >= 0.3 is 0 Å². The zero-order valence-electron chi connectivity index (χ0n) is 14.6. The molecule has 9 nitrogen and oxygen atoms in total. The van der Waals surface area contributed by atoms with E-state index >= 15 is 0 Å². The van der Waals surface area contributed by atoms with Crippen molar-refractivity contribution in [1.82, 2.24) is 29.0 Å². The Morgan fingerprint density at radius 3 is 2.50 bits per heavy atom. The molecule has 0 aliphatic rings. The second-order valence-electron chi connectivity index (χ2n) is 5.60. The van der Waals surface area contributed by atoms with Crippen LogP contribution in [-0.4, -0.2) is 45.8 Å². The molecule has 3 rings (SSSR count). The van der Waals surface area contributed by atoms with E-state index in [0.29, 0.717) is 30.5 Å². The lowest BCUT2D eigenvalue weighted by atomic mass is 10.5. The molecule has 0 aromatic carbocycles. The van der Waals surface area contributed by atoms with Gasteiger partial charge < -0.3 is 14.5 Å². The van der Waals surface area contributed by atoms with E-state index in [0.717, 1.165) is 0 Å². The first-order valence-corrected chi connectivity index (χ1v) is 9.72. The standard InChI is InChI=1S/C16H21N7O2S/c1-3-22-12-16(19-13(22)2)26(24,25)18-9-8-17-14-6-7-15(21-20-14)23-10-4-5-11-23/h4-7,10-12,18H,3,8-9H2,1-2H3,(H,17,20). The van der Waals surface area contributed by atoms with Gasteiger partial charge in [-0.15, -0.1) is 10.2 Å². The number of aromatic nitrogens is 5. The van der Waals surface area contributed by atoms with E-state index in [1.807, 2.05) is 42.1 Å². The van der Waals surface area contributed by atoms with Crippen molar-refractivity contribution in [3.63, 3.8) is 0 Å². The monoisotopic (exact) mass is 375 g/mol. The highest BCUT2D eigenvalue weighted by molar-refractivity contribution is 7.89. The van der Waals surface area contributed by atoms with Crippen LogP contribution >= 0.6 is 0 Å². The number of anilines is 1. The van der Waals surface area contributed by atoms with Gasteiger partial charge in [0.15, 0.2) is 10.8 Å². The normalized spacial score (nSPS) is 11.6. The minimum Gasteiger partial charge on any atom is -0.367 e. The Balaban J connectivity index is 1.51. The van der Waals surface area contributed by atoms with Crippen molar-refractivity contribution in [2.45, 2.75) is 25.4 Å². The SMILES string of the molecule is CCn1cc(S(=O)(=O)NCCNc2ccc(-n3cccc3)nn2)nc1C. The molecule has 0 aliphatic carbocycles. The smallest absolute Gasteiger partial charge is 0.259 e. The van der Waals surface area contributed by atoms with Gasteiger partial charge in [0.1, 0.15) is 11.6 Å². The molecule has 3 aromatic rings. The molecule has 0 radical (unpaired) electrons. The number of nitrogens with one attached hydrogen (secondary N) is 2. The minimum absolute atomic E-state index is 0.0349. The minimum atomic E-state index is -3.62. The van der Waals surface area contributed by atoms with Crippen molar-refractivity contribution in [1.29, 1.82) is 0 Å². The van der Waals surface area contributed by atoms with Crippen molar-refractivity contribution in [3.05, 3.63) is 48.7 Å². The zero-order valence-corrected chi connectivity index (χ0v) is 15.4. The van der Waals surface area contributed by atoms with Crippen molar-refractivity contribution >= 4 is 15.8 Å². The van der Waals surface area contributed by atoms with Gasteiger partial charge in [-0.2, -0.15) is 0 Å². The molecule has 3 heterocycles. The zero-order chi connectivity index (χ0) is 18.6. The van der Waals surface area contributed by atoms with E-state index < -0.39 is 10.0 Å². The average molecular weight is 375 g/mol. The van der Waals surface area contributed by atoms with Gasteiger partial charge in [-0.05, 0) is 38.1 Å². The number of imidazole rings is 1. The van der Waals surface area contributed by atoms with Crippen LogP contribution in [0.3, 0.4) is 0 Å². The lowest BCUT2D eigenvalue weighted by Gasteiger charge is -2.07. The van der Waals surface area contributed by atoms with Crippen molar-refractivity contribution < 1.29 is 8.42 Å². The van der Waals surface area contributed by atoms with E-state index in [1.54, 1.807) is 17.6 Å². The lowest BCUT2D eigenvalue weighted by Crippen LogP contribution is -2.29. The van der Waals surface area contributed by atoms with Crippen LogP contribution in [0, 0.1) is 6.92 Å². The summed E-state index contributed by atoms with van der Waals surface area (Å²) in [6.45, 7) is 4.98. The fourth-order valence-electron chi connectivity index (χ4n) is 2.42. The molecule has 0 saturated carbocycles. The van der Waals surface area contributed by atoms with Crippen molar-refractivity contribution in [2.24, 2.45) is 0 Å². The lowest BCUT2D eigenvalue weighted by molar-refractivity contribution is 0.579. The maximum Gasteiger partial charge on any atom is 0.259 e. The summed E-state index contributed by atoms with van der Waals surface area (Å²) in [4.78, 5) is 4.09. The predicted molar refractivity (Wildman–Crippen MR) is 97.7 cm³/mol. The van der Waals surface area contributed by atoms with Gasteiger partial charge in [0.2, 0.25) is 0 Å². The number of aryl methyl sites for hydroxylation is 2. The Bertz CT molecular complexity index is 947. The molecule has 0 fully saturated rings. The Morgan fingerprint density at radius 2 is 1.88 bits per heavy atom. The molecule has 3 aromatic heterocycles. The number of hydrogen-bond donors (Lipinski definition) is 2. The van der Waals surface area contributed by atoms with Crippen LogP contribution in [0.1, 0.15) is 12.7 Å². The molecule has 2 N–H and O–H groups in total. The fraction of sp³-hybridized carbons (Fsp3) is 0.312. The Hall–Kier alpha value is -2.72. The molecule has 10 heteroatoms. The van der Waals surface area contributed by atoms with E-state index in [4.69, 9.17) is 0 Å². The van der Waals surface area contributed by atoms with Crippen LogP contribution in [0.5, 0.6) is 0 Å². The fourth-order valence-corrected chi connectivity index (χ4v) is 3.46. The number of rotatable bonds is 8. The Kier molecular flexibility index (Phi) is 5.33. The molecule has 0 bridgehead atoms. The number of sulfonamides is 1. The second-order valence-corrected chi connectivity index (χ2v) is 7.32. The first-order chi connectivity index (χ1) is 12.5. The summed E-state index contributed by atoms with van der Waals surface area (Å²) in [5.74, 6) is 1.96. The number of hydrogen-bond acceptors (Lipinski definition) is 6. The van der Waals surface area contributed by atoms with Gasteiger partial charge in [-0.1, -0.05) is 0 Å². The van der Waals surface area contributed by atoms with Crippen LogP contribution < -0.4 is 10.0 Å². The third-order valence-corrected chi connectivity index (χ3v) is 5.14. The van der Waals surface area contributed by atoms with Gasteiger partial charge in [0.05, 0.1) is 0 Å². The Morgan fingerprint density at radius 1 is 1.12 bits per heavy atom. The Labute approximate surface area is 152 Å². The first-order valence-electron chi connectivity index (χ1n) is 8.24.